The third-order valence-corrected chi connectivity index (χ3v) is 8.27. The minimum Gasteiger partial charge on any atom is -0.391 e. The van der Waals surface area contributed by atoms with Gasteiger partial charge in [0.05, 0.1) is 22.4 Å². The molecule has 0 radical (unpaired) electrons. The van der Waals surface area contributed by atoms with Gasteiger partial charge in [-0.05, 0) is 23.7 Å². The van der Waals surface area contributed by atoms with Gasteiger partial charge < -0.3 is 10.2 Å². The molecule has 0 bridgehead atoms. The van der Waals surface area contributed by atoms with Crippen LogP contribution in [0.3, 0.4) is 0 Å². The van der Waals surface area contributed by atoms with Gasteiger partial charge in [0.1, 0.15) is 0 Å². The van der Waals surface area contributed by atoms with Crippen molar-refractivity contribution >= 4 is 47.0 Å². The summed E-state index contributed by atoms with van der Waals surface area (Å²) in [6.07, 6.45) is 4.95. The molecule has 2 N–H and O–H groups in total. The summed E-state index contributed by atoms with van der Waals surface area (Å²) in [6.45, 7) is 0.387. The van der Waals surface area contributed by atoms with Crippen molar-refractivity contribution in [2.24, 2.45) is 0 Å². The first kappa shape index (κ1) is 15.2. The van der Waals surface area contributed by atoms with Crippen molar-refractivity contribution in [3.05, 3.63) is 20.6 Å². The largest absolute Gasteiger partial charge is 0.391 e. The molecule has 2 aliphatic rings. The van der Waals surface area contributed by atoms with E-state index in [4.69, 9.17) is 10.2 Å². The van der Waals surface area contributed by atoms with E-state index in [1.165, 1.54) is 25.7 Å². The maximum atomic E-state index is 9.01. The Kier molecular flexibility index (Phi) is 6.89. The second kappa shape index (κ2) is 8.17. The van der Waals surface area contributed by atoms with E-state index < -0.39 is 0 Å². The molecule has 18 heavy (non-hydrogen) atoms. The Morgan fingerprint density at radius 1 is 0.833 bits per heavy atom. The Balaban J connectivity index is 1.50. The second-order valence-electron chi connectivity index (χ2n) is 4.14. The highest BCUT2D eigenvalue weighted by Crippen LogP contribution is 2.44. The minimum absolute atomic E-state index is 0.194. The molecule has 0 saturated heterocycles. The zero-order valence-electron chi connectivity index (χ0n) is 10.1. The lowest BCUT2D eigenvalue weighted by molar-refractivity contribution is 0.339. The molecule has 102 valence electrons. The van der Waals surface area contributed by atoms with Gasteiger partial charge in [0.2, 0.25) is 0 Å². The number of unbranched alkanes of at least 4 members (excludes halogenated alkanes) is 1. The van der Waals surface area contributed by atoms with Crippen LogP contribution in [0.2, 0.25) is 0 Å². The molecular weight excluding hydrogens is 304 g/mol. The number of thioether (sulfide) groups is 4. The van der Waals surface area contributed by atoms with E-state index in [2.05, 4.69) is 10.8 Å². The molecule has 2 nitrogen and oxygen atoms in total. The first-order valence-corrected chi connectivity index (χ1v) is 9.70. The molecule has 2 unspecified atom stereocenters. The molecule has 0 fully saturated rings. The zero-order valence-corrected chi connectivity index (χ0v) is 13.3. The maximum absolute atomic E-state index is 9.01. The zero-order chi connectivity index (χ0) is 12.8. The summed E-state index contributed by atoms with van der Waals surface area (Å²) in [7, 11) is 0. The van der Waals surface area contributed by atoms with E-state index in [-0.39, 0.29) is 13.2 Å². The van der Waals surface area contributed by atoms with Crippen molar-refractivity contribution < 1.29 is 10.2 Å². The van der Waals surface area contributed by atoms with E-state index in [1.807, 2.05) is 47.0 Å². The Hall–Kier alpha value is 0.800. The van der Waals surface area contributed by atoms with Gasteiger partial charge in [0.15, 0.2) is 0 Å². The number of aliphatic hydroxyl groups is 2. The summed E-state index contributed by atoms with van der Waals surface area (Å²) in [5.41, 5.74) is 0. The molecule has 2 atom stereocenters. The summed E-state index contributed by atoms with van der Waals surface area (Å²) in [6, 6.07) is 0. The highest BCUT2D eigenvalue weighted by molar-refractivity contribution is 8.23. The fourth-order valence-electron chi connectivity index (χ4n) is 1.78. The van der Waals surface area contributed by atoms with E-state index in [1.54, 1.807) is 0 Å². The summed E-state index contributed by atoms with van der Waals surface area (Å²) in [5.74, 6) is 0. The molecule has 0 amide bonds. The highest BCUT2D eigenvalue weighted by atomic mass is 32.2. The van der Waals surface area contributed by atoms with E-state index in [0.717, 1.165) is 9.81 Å². The van der Waals surface area contributed by atoms with Gasteiger partial charge in [-0.1, -0.05) is 12.8 Å². The smallest absolute Gasteiger partial charge is 0.0746 e. The summed E-state index contributed by atoms with van der Waals surface area (Å²) in [5, 5.41) is 22.2. The van der Waals surface area contributed by atoms with Crippen LogP contribution in [-0.4, -0.2) is 32.6 Å². The van der Waals surface area contributed by atoms with Gasteiger partial charge in [0.25, 0.3) is 0 Å². The van der Waals surface area contributed by atoms with E-state index in [9.17, 15) is 0 Å². The van der Waals surface area contributed by atoms with Gasteiger partial charge in [-0.25, -0.2) is 0 Å². The van der Waals surface area contributed by atoms with E-state index in [0.29, 0.717) is 9.16 Å². The predicted molar refractivity (Wildman–Crippen MR) is 86.7 cm³/mol. The number of hydrogen-bond acceptors (Lipinski definition) is 6. The molecule has 0 saturated carbocycles. The average molecular weight is 323 g/mol. The lowest BCUT2D eigenvalue weighted by atomic mass is 10.2. The van der Waals surface area contributed by atoms with Crippen LogP contribution in [0.1, 0.15) is 25.7 Å². The molecule has 0 aromatic heterocycles. The third kappa shape index (κ3) is 4.72. The molecule has 2 rings (SSSR count). The van der Waals surface area contributed by atoms with Crippen LogP contribution in [0.15, 0.2) is 20.6 Å². The quantitative estimate of drug-likeness (QED) is 0.694. The fourth-order valence-corrected chi connectivity index (χ4v) is 6.83. The SMILES string of the molecule is OCC1=CSC(CCCCC2SC=C(CO)S2)S1. The molecule has 0 spiro atoms. The van der Waals surface area contributed by atoms with Gasteiger partial charge in [0, 0.05) is 9.81 Å². The van der Waals surface area contributed by atoms with Crippen LogP contribution in [0.4, 0.5) is 0 Å². The summed E-state index contributed by atoms with van der Waals surface area (Å²) < 4.78 is 1.23. The van der Waals surface area contributed by atoms with Crippen LogP contribution in [0.5, 0.6) is 0 Å². The van der Waals surface area contributed by atoms with Crippen LogP contribution >= 0.6 is 47.0 Å². The lowest BCUT2D eigenvalue weighted by Gasteiger charge is -2.11. The van der Waals surface area contributed by atoms with Gasteiger partial charge in [-0.2, -0.15) is 0 Å². The Morgan fingerprint density at radius 2 is 1.28 bits per heavy atom. The maximum Gasteiger partial charge on any atom is 0.0746 e. The van der Waals surface area contributed by atoms with Crippen molar-refractivity contribution in [3.8, 4) is 0 Å². The van der Waals surface area contributed by atoms with Gasteiger partial charge in [-0.3, -0.25) is 0 Å². The minimum atomic E-state index is 0.194. The van der Waals surface area contributed by atoms with Crippen LogP contribution in [0.25, 0.3) is 0 Å². The molecular formula is C12H18O2S4. The van der Waals surface area contributed by atoms with Gasteiger partial charge in [-0.15, -0.1) is 47.0 Å². The van der Waals surface area contributed by atoms with Crippen LogP contribution in [-0.2, 0) is 0 Å². The molecule has 0 aromatic carbocycles. The topological polar surface area (TPSA) is 40.5 Å². The highest BCUT2D eigenvalue weighted by Gasteiger charge is 2.19. The predicted octanol–water partition coefficient (Wildman–Crippen LogP) is 3.83. The molecule has 6 heteroatoms. The van der Waals surface area contributed by atoms with Crippen molar-refractivity contribution in [1.82, 2.24) is 0 Å². The third-order valence-electron chi connectivity index (χ3n) is 2.71. The number of hydrogen-bond donors (Lipinski definition) is 2. The fraction of sp³-hybridized carbons (Fsp3) is 0.667. The van der Waals surface area contributed by atoms with E-state index >= 15 is 0 Å². The van der Waals surface area contributed by atoms with Crippen molar-refractivity contribution in [3.63, 3.8) is 0 Å². The molecule has 0 aliphatic carbocycles. The van der Waals surface area contributed by atoms with Crippen molar-refractivity contribution in [1.29, 1.82) is 0 Å². The van der Waals surface area contributed by atoms with Crippen molar-refractivity contribution in [2.75, 3.05) is 13.2 Å². The molecule has 2 aliphatic heterocycles. The van der Waals surface area contributed by atoms with Gasteiger partial charge >= 0.3 is 0 Å². The second-order valence-corrected chi connectivity index (χ2v) is 9.54. The number of aliphatic hydroxyl groups excluding tert-OH is 2. The molecule has 0 aromatic rings. The lowest BCUT2D eigenvalue weighted by Crippen LogP contribution is -1.97. The van der Waals surface area contributed by atoms with Crippen molar-refractivity contribution in [2.45, 2.75) is 34.8 Å². The Labute approximate surface area is 125 Å². The normalized spacial score (nSPS) is 27.4. The monoisotopic (exact) mass is 322 g/mol. The summed E-state index contributed by atoms with van der Waals surface area (Å²) in [4.78, 5) is 2.23. The first-order chi connectivity index (χ1) is 8.81. The first-order valence-electron chi connectivity index (χ1n) is 6.06. The standard InChI is InChI=1S/C12H18O2S4/c13-5-9-7-15-11(17-9)3-1-2-4-12-16-8-10(6-14)18-12/h7-8,11-14H,1-6H2. The van der Waals surface area contributed by atoms with Crippen LogP contribution < -0.4 is 0 Å². The number of rotatable bonds is 7. The average Bonchev–Trinajstić information content (AvgIpc) is 3.03. The summed E-state index contributed by atoms with van der Waals surface area (Å²) >= 11 is 7.33. The Bertz CT molecular complexity index is 298. The van der Waals surface area contributed by atoms with Crippen LogP contribution in [0, 0.1) is 0 Å². The molecule has 2 heterocycles. The Morgan fingerprint density at radius 3 is 1.61 bits per heavy atom.